The lowest BCUT2D eigenvalue weighted by Gasteiger charge is -2.24. The highest BCUT2D eigenvalue weighted by Crippen LogP contribution is 2.17. The van der Waals surface area contributed by atoms with E-state index in [1.807, 2.05) is 4.90 Å². The zero-order valence-electron chi connectivity index (χ0n) is 10.5. The summed E-state index contributed by atoms with van der Waals surface area (Å²) in [6.45, 7) is 6.28. The lowest BCUT2D eigenvalue weighted by molar-refractivity contribution is -0.120. The molecule has 2 rings (SSSR count). The molecule has 1 aliphatic rings. The van der Waals surface area contributed by atoms with Crippen LogP contribution in [0.3, 0.4) is 0 Å². The molecular formula is C14H19NO2. The van der Waals surface area contributed by atoms with E-state index >= 15 is 0 Å². The van der Waals surface area contributed by atoms with Crippen LogP contribution in [0, 0.1) is 13.8 Å². The number of aryl methyl sites for hydroxylation is 2. The van der Waals surface area contributed by atoms with Gasteiger partial charge in [0.2, 0.25) is 6.41 Å². The first kappa shape index (κ1) is 12.1. The maximum absolute atomic E-state index is 11.2. The molecule has 92 valence electrons. The second-order valence-corrected chi connectivity index (χ2v) is 4.73. The molecule has 1 amide bonds. The standard InChI is InChI=1S/C14H19NO2/c1-11-3-4-12(2)13(7-11)8-15(10-16)14-5-6-17-9-14/h3-4,7,10,14H,5-6,8-9H2,1-2H3. The molecule has 1 aliphatic heterocycles. The largest absolute Gasteiger partial charge is 0.379 e. The number of hydrogen-bond acceptors (Lipinski definition) is 2. The van der Waals surface area contributed by atoms with Crippen molar-refractivity contribution in [3.63, 3.8) is 0 Å². The fourth-order valence-corrected chi connectivity index (χ4v) is 2.20. The Morgan fingerprint density at radius 1 is 1.47 bits per heavy atom. The van der Waals surface area contributed by atoms with E-state index in [2.05, 4.69) is 32.0 Å². The van der Waals surface area contributed by atoms with Gasteiger partial charge < -0.3 is 9.64 Å². The van der Waals surface area contributed by atoms with Crippen LogP contribution in [0.15, 0.2) is 18.2 Å². The monoisotopic (exact) mass is 233 g/mol. The Morgan fingerprint density at radius 3 is 2.94 bits per heavy atom. The maximum Gasteiger partial charge on any atom is 0.210 e. The summed E-state index contributed by atoms with van der Waals surface area (Å²) in [5, 5.41) is 0. The molecule has 0 saturated carbocycles. The van der Waals surface area contributed by atoms with Crippen LogP contribution in [0.5, 0.6) is 0 Å². The van der Waals surface area contributed by atoms with Gasteiger partial charge in [-0.25, -0.2) is 0 Å². The van der Waals surface area contributed by atoms with Crippen molar-refractivity contribution in [2.24, 2.45) is 0 Å². The fraction of sp³-hybridized carbons (Fsp3) is 0.500. The summed E-state index contributed by atoms with van der Waals surface area (Å²) < 4.78 is 5.33. The molecule has 1 aromatic carbocycles. The summed E-state index contributed by atoms with van der Waals surface area (Å²) in [5.41, 5.74) is 3.70. The first-order chi connectivity index (χ1) is 8.20. The Kier molecular flexibility index (Phi) is 3.79. The molecular weight excluding hydrogens is 214 g/mol. The third-order valence-electron chi connectivity index (χ3n) is 3.37. The number of carbonyl (C=O) groups is 1. The molecule has 0 radical (unpaired) electrons. The van der Waals surface area contributed by atoms with Gasteiger partial charge >= 0.3 is 0 Å². The second kappa shape index (κ2) is 5.32. The summed E-state index contributed by atoms with van der Waals surface area (Å²) in [7, 11) is 0. The third kappa shape index (κ3) is 2.86. The number of hydrogen-bond donors (Lipinski definition) is 0. The zero-order valence-corrected chi connectivity index (χ0v) is 10.5. The van der Waals surface area contributed by atoms with E-state index in [1.165, 1.54) is 16.7 Å². The molecule has 0 N–H and O–H groups in total. The van der Waals surface area contributed by atoms with Gasteiger partial charge in [0, 0.05) is 13.2 Å². The SMILES string of the molecule is Cc1ccc(C)c(CN(C=O)C2CCOC2)c1. The van der Waals surface area contributed by atoms with Gasteiger partial charge in [-0.15, -0.1) is 0 Å². The van der Waals surface area contributed by atoms with Crippen molar-refractivity contribution in [3.05, 3.63) is 34.9 Å². The average Bonchev–Trinajstić information content (AvgIpc) is 2.84. The lowest BCUT2D eigenvalue weighted by atomic mass is 10.0. The van der Waals surface area contributed by atoms with Crippen LogP contribution >= 0.6 is 0 Å². The van der Waals surface area contributed by atoms with E-state index in [0.29, 0.717) is 13.2 Å². The van der Waals surface area contributed by atoms with Crippen LogP contribution in [0.2, 0.25) is 0 Å². The molecule has 1 fully saturated rings. The van der Waals surface area contributed by atoms with Gasteiger partial charge in [-0.2, -0.15) is 0 Å². The third-order valence-corrected chi connectivity index (χ3v) is 3.37. The Balaban J connectivity index is 2.11. The predicted octanol–water partition coefficient (Wildman–Crippen LogP) is 2.05. The Labute approximate surface area is 102 Å². The van der Waals surface area contributed by atoms with Crippen molar-refractivity contribution in [2.45, 2.75) is 32.9 Å². The predicted molar refractivity (Wildman–Crippen MR) is 66.7 cm³/mol. The van der Waals surface area contributed by atoms with Gasteiger partial charge in [-0.1, -0.05) is 23.8 Å². The molecule has 1 atom stereocenters. The minimum Gasteiger partial charge on any atom is -0.379 e. The highest BCUT2D eigenvalue weighted by atomic mass is 16.5. The van der Waals surface area contributed by atoms with E-state index in [9.17, 15) is 4.79 Å². The molecule has 0 aliphatic carbocycles. The van der Waals surface area contributed by atoms with Gasteiger partial charge in [0.1, 0.15) is 0 Å². The van der Waals surface area contributed by atoms with Crippen molar-refractivity contribution < 1.29 is 9.53 Å². The molecule has 0 aromatic heterocycles. The van der Waals surface area contributed by atoms with Gasteiger partial charge in [0.05, 0.1) is 12.6 Å². The Morgan fingerprint density at radius 2 is 2.29 bits per heavy atom. The van der Waals surface area contributed by atoms with Gasteiger partial charge in [-0.3, -0.25) is 4.79 Å². The van der Waals surface area contributed by atoms with E-state index in [1.54, 1.807) is 0 Å². The number of benzene rings is 1. The van der Waals surface area contributed by atoms with Crippen LogP contribution in [0.25, 0.3) is 0 Å². The summed E-state index contributed by atoms with van der Waals surface area (Å²) in [6, 6.07) is 6.61. The molecule has 1 unspecified atom stereocenters. The minimum atomic E-state index is 0.243. The first-order valence-corrected chi connectivity index (χ1v) is 6.05. The molecule has 0 bridgehead atoms. The number of carbonyl (C=O) groups excluding carboxylic acids is 1. The summed E-state index contributed by atoms with van der Waals surface area (Å²) in [5.74, 6) is 0. The Hall–Kier alpha value is -1.35. The van der Waals surface area contributed by atoms with Crippen molar-refractivity contribution in [1.29, 1.82) is 0 Å². The van der Waals surface area contributed by atoms with Gasteiger partial charge in [-0.05, 0) is 31.4 Å². The fourth-order valence-electron chi connectivity index (χ4n) is 2.20. The van der Waals surface area contributed by atoms with Gasteiger partial charge in [0.25, 0.3) is 0 Å². The van der Waals surface area contributed by atoms with Crippen LogP contribution in [0.1, 0.15) is 23.1 Å². The second-order valence-electron chi connectivity index (χ2n) is 4.73. The van der Waals surface area contributed by atoms with Crippen LogP contribution in [-0.4, -0.2) is 30.6 Å². The summed E-state index contributed by atoms with van der Waals surface area (Å²) >= 11 is 0. The highest BCUT2D eigenvalue weighted by molar-refractivity contribution is 5.49. The maximum atomic E-state index is 11.2. The zero-order chi connectivity index (χ0) is 12.3. The molecule has 0 spiro atoms. The highest BCUT2D eigenvalue weighted by Gasteiger charge is 2.22. The summed E-state index contributed by atoms with van der Waals surface area (Å²) in [4.78, 5) is 13.0. The van der Waals surface area contributed by atoms with Crippen molar-refractivity contribution in [1.82, 2.24) is 4.90 Å². The van der Waals surface area contributed by atoms with Crippen LogP contribution in [0.4, 0.5) is 0 Å². The molecule has 1 heterocycles. The lowest BCUT2D eigenvalue weighted by Crippen LogP contribution is -2.34. The van der Waals surface area contributed by atoms with E-state index in [0.717, 1.165) is 19.4 Å². The van der Waals surface area contributed by atoms with Crippen molar-refractivity contribution >= 4 is 6.41 Å². The quantitative estimate of drug-likeness (QED) is 0.745. The minimum absolute atomic E-state index is 0.243. The van der Waals surface area contributed by atoms with E-state index in [4.69, 9.17) is 4.74 Å². The number of nitrogens with zero attached hydrogens (tertiary/aromatic N) is 1. The van der Waals surface area contributed by atoms with E-state index < -0.39 is 0 Å². The molecule has 1 aromatic rings. The molecule has 17 heavy (non-hydrogen) atoms. The summed E-state index contributed by atoms with van der Waals surface area (Å²) in [6.07, 6.45) is 1.89. The topological polar surface area (TPSA) is 29.5 Å². The smallest absolute Gasteiger partial charge is 0.210 e. The number of ether oxygens (including phenoxy) is 1. The first-order valence-electron chi connectivity index (χ1n) is 6.05. The number of amides is 1. The van der Waals surface area contributed by atoms with Crippen LogP contribution in [-0.2, 0) is 16.1 Å². The molecule has 3 nitrogen and oxygen atoms in total. The Bertz CT molecular complexity index is 397. The normalized spacial score (nSPS) is 19.3. The van der Waals surface area contributed by atoms with Gasteiger partial charge in [0.15, 0.2) is 0 Å². The average molecular weight is 233 g/mol. The van der Waals surface area contributed by atoms with E-state index in [-0.39, 0.29) is 6.04 Å². The van der Waals surface area contributed by atoms with Crippen molar-refractivity contribution in [2.75, 3.05) is 13.2 Å². The molecule has 3 heteroatoms. The van der Waals surface area contributed by atoms with Crippen LogP contribution < -0.4 is 0 Å². The number of rotatable bonds is 4. The molecule has 1 saturated heterocycles. The van der Waals surface area contributed by atoms with Crippen molar-refractivity contribution in [3.8, 4) is 0 Å².